The van der Waals surface area contributed by atoms with Crippen molar-refractivity contribution in [2.75, 3.05) is 19.7 Å². The Hall–Kier alpha value is -3.02. The van der Waals surface area contributed by atoms with Gasteiger partial charge >= 0.3 is 0 Å². The first-order valence-corrected chi connectivity index (χ1v) is 10.1. The fourth-order valence-electron chi connectivity index (χ4n) is 2.65. The number of nitrogens with one attached hydrogen (secondary N) is 2. The molecule has 0 heterocycles. The van der Waals surface area contributed by atoms with Gasteiger partial charge in [0.25, 0.3) is 5.91 Å². The molecule has 0 aromatic heterocycles. The Bertz CT molecular complexity index is 770. The number of hydrogen-bond donors (Lipinski definition) is 3. The maximum atomic E-state index is 10.8. The number of unbranched alkanes of at least 4 members (excludes halogenated alkanes) is 1. The van der Waals surface area contributed by atoms with Crippen LogP contribution in [0.15, 0.2) is 53.5 Å². The number of aryl methyl sites for hydroxylation is 1. The maximum Gasteiger partial charge on any atom is 0.255 e. The SMILES string of the molecule is CCCCNC(=NCc1ccc(C)cc1)NCCc1ccc(OCC(N)=O)cc1. The van der Waals surface area contributed by atoms with Gasteiger partial charge in [0.05, 0.1) is 6.54 Å². The van der Waals surface area contributed by atoms with Crippen molar-refractivity contribution in [1.82, 2.24) is 10.6 Å². The first kappa shape index (κ1) is 22.3. The lowest BCUT2D eigenvalue weighted by atomic mass is 10.1. The summed E-state index contributed by atoms with van der Waals surface area (Å²) in [5.41, 5.74) is 8.71. The summed E-state index contributed by atoms with van der Waals surface area (Å²) in [6.07, 6.45) is 3.11. The van der Waals surface area contributed by atoms with Crippen LogP contribution >= 0.6 is 0 Å². The van der Waals surface area contributed by atoms with E-state index in [1.165, 1.54) is 16.7 Å². The predicted molar refractivity (Wildman–Crippen MR) is 118 cm³/mol. The van der Waals surface area contributed by atoms with Crippen LogP contribution in [-0.2, 0) is 17.8 Å². The lowest BCUT2D eigenvalue weighted by Gasteiger charge is -2.13. The largest absolute Gasteiger partial charge is 0.484 e. The molecule has 0 bridgehead atoms. The van der Waals surface area contributed by atoms with Gasteiger partial charge in [-0.3, -0.25) is 4.79 Å². The van der Waals surface area contributed by atoms with E-state index in [-0.39, 0.29) is 6.61 Å². The molecule has 2 aromatic rings. The van der Waals surface area contributed by atoms with E-state index >= 15 is 0 Å². The molecule has 156 valence electrons. The zero-order valence-corrected chi connectivity index (χ0v) is 17.4. The Morgan fingerprint density at radius 1 is 1.00 bits per heavy atom. The van der Waals surface area contributed by atoms with Crippen molar-refractivity contribution >= 4 is 11.9 Å². The van der Waals surface area contributed by atoms with Crippen molar-refractivity contribution in [1.29, 1.82) is 0 Å². The molecule has 0 spiro atoms. The summed E-state index contributed by atoms with van der Waals surface area (Å²) in [5, 5.41) is 6.81. The normalized spacial score (nSPS) is 11.2. The van der Waals surface area contributed by atoms with Gasteiger partial charge in [-0.05, 0) is 43.0 Å². The van der Waals surface area contributed by atoms with Gasteiger partial charge in [-0.25, -0.2) is 4.99 Å². The van der Waals surface area contributed by atoms with Gasteiger partial charge < -0.3 is 21.1 Å². The minimum absolute atomic E-state index is 0.106. The van der Waals surface area contributed by atoms with Crippen molar-refractivity contribution in [3.05, 3.63) is 65.2 Å². The predicted octanol–water partition coefficient (Wildman–Crippen LogP) is 2.94. The molecule has 0 aliphatic carbocycles. The topological polar surface area (TPSA) is 88.7 Å². The molecule has 1 amide bonds. The van der Waals surface area contributed by atoms with E-state index < -0.39 is 5.91 Å². The monoisotopic (exact) mass is 396 g/mol. The van der Waals surface area contributed by atoms with Crippen LogP contribution in [0.2, 0.25) is 0 Å². The first-order chi connectivity index (χ1) is 14.1. The number of hydrogen-bond acceptors (Lipinski definition) is 3. The Labute approximate surface area is 173 Å². The summed E-state index contributed by atoms with van der Waals surface area (Å²) in [4.78, 5) is 15.5. The van der Waals surface area contributed by atoms with Gasteiger partial charge in [0.15, 0.2) is 12.6 Å². The number of nitrogens with zero attached hydrogens (tertiary/aromatic N) is 1. The number of nitrogens with two attached hydrogens (primary N) is 1. The van der Waals surface area contributed by atoms with E-state index in [0.29, 0.717) is 12.3 Å². The summed E-state index contributed by atoms with van der Waals surface area (Å²) in [6.45, 7) is 6.48. The highest BCUT2D eigenvalue weighted by molar-refractivity contribution is 5.79. The molecule has 0 unspecified atom stereocenters. The van der Waals surface area contributed by atoms with Crippen molar-refractivity contribution in [3.8, 4) is 5.75 Å². The maximum absolute atomic E-state index is 10.8. The quantitative estimate of drug-likeness (QED) is 0.310. The number of carbonyl (C=O) groups excluding carboxylic acids is 1. The fraction of sp³-hybridized carbons (Fsp3) is 0.391. The molecule has 29 heavy (non-hydrogen) atoms. The number of benzene rings is 2. The summed E-state index contributed by atoms with van der Waals surface area (Å²) in [5.74, 6) is 0.994. The second-order valence-corrected chi connectivity index (χ2v) is 7.01. The van der Waals surface area contributed by atoms with Crippen LogP contribution in [0.1, 0.15) is 36.5 Å². The summed E-state index contributed by atoms with van der Waals surface area (Å²) in [7, 11) is 0. The van der Waals surface area contributed by atoms with E-state index in [1.807, 2.05) is 24.3 Å². The zero-order chi connectivity index (χ0) is 20.9. The van der Waals surface area contributed by atoms with Crippen LogP contribution < -0.4 is 21.1 Å². The van der Waals surface area contributed by atoms with Crippen molar-refractivity contribution in [2.45, 2.75) is 39.7 Å². The highest BCUT2D eigenvalue weighted by Crippen LogP contribution is 2.12. The number of ether oxygens (including phenoxy) is 1. The van der Waals surface area contributed by atoms with E-state index in [9.17, 15) is 4.79 Å². The third-order valence-corrected chi connectivity index (χ3v) is 4.37. The smallest absolute Gasteiger partial charge is 0.255 e. The molecule has 2 rings (SSSR count). The van der Waals surface area contributed by atoms with Crippen molar-refractivity contribution in [2.24, 2.45) is 10.7 Å². The molecule has 0 fully saturated rings. The van der Waals surface area contributed by atoms with Gasteiger partial charge in [-0.15, -0.1) is 0 Å². The van der Waals surface area contributed by atoms with Gasteiger partial charge in [-0.1, -0.05) is 55.3 Å². The average molecular weight is 397 g/mol. The Balaban J connectivity index is 1.85. The molecule has 0 aliphatic rings. The molecule has 4 N–H and O–H groups in total. The van der Waals surface area contributed by atoms with Gasteiger partial charge in [0, 0.05) is 13.1 Å². The molecule has 0 radical (unpaired) electrons. The molecule has 0 aliphatic heterocycles. The van der Waals surface area contributed by atoms with Crippen LogP contribution in [0.25, 0.3) is 0 Å². The summed E-state index contributed by atoms with van der Waals surface area (Å²) >= 11 is 0. The number of rotatable bonds is 11. The molecule has 2 aromatic carbocycles. The van der Waals surface area contributed by atoms with Crippen molar-refractivity contribution in [3.63, 3.8) is 0 Å². The van der Waals surface area contributed by atoms with Gasteiger partial charge in [0.1, 0.15) is 5.75 Å². The molecular formula is C23H32N4O2. The number of aliphatic imine (C=N–C) groups is 1. The highest BCUT2D eigenvalue weighted by Gasteiger charge is 2.01. The van der Waals surface area contributed by atoms with Gasteiger partial charge in [0.2, 0.25) is 0 Å². The van der Waals surface area contributed by atoms with Crippen LogP contribution in [0.5, 0.6) is 5.75 Å². The standard InChI is InChI=1S/C23H32N4O2/c1-3-4-14-25-23(27-16-20-7-5-18(2)6-8-20)26-15-13-19-9-11-21(12-10-19)29-17-22(24)28/h5-12H,3-4,13-17H2,1-2H3,(H2,24,28)(H2,25,26,27). The van der Waals surface area contributed by atoms with E-state index in [2.05, 4.69) is 48.7 Å². The summed E-state index contributed by atoms with van der Waals surface area (Å²) in [6, 6.07) is 16.1. The molecule has 0 atom stereocenters. The molecule has 6 nitrogen and oxygen atoms in total. The third-order valence-electron chi connectivity index (χ3n) is 4.37. The molecule has 0 saturated heterocycles. The lowest BCUT2D eigenvalue weighted by molar-refractivity contribution is -0.119. The molecular weight excluding hydrogens is 364 g/mol. The first-order valence-electron chi connectivity index (χ1n) is 10.1. The van der Waals surface area contributed by atoms with E-state index in [0.717, 1.165) is 38.3 Å². The average Bonchev–Trinajstić information content (AvgIpc) is 2.72. The second kappa shape index (κ2) is 12.4. The van der Waals surface area contributed by atoms with Crippen LogP contribution in [0.3, 0.4) is 0 Å². The Kier molecular flexibility index (Phi) is 9.55. The number of guanidine groups is 1. The molecule has 6 heteroatoms. The number of amides is 1. The zero-order valence-electron chi connectivity index (χ0n) is 17.4. The second-order valence-electron chi connectivity index (χ2n) is 7.01. The third kappa shape index (κ3) is 9.14. The fourth-order valence-corrected chi connectivity index (χ4v) is 2.65. The summed E-state index contributed by atoms with van der Waals surface area (Å²) < 4.78 is 5.28. The number of carbonyl (C=O) groups is 1. The van der Waals surface area contributed by atoms with E-state index in [4.69, 9.17) is 15.5 Å². The number of primary amides is 1. The lowest BCUT2D eigenvalue weighted by Crippen LogP contribution is -2.39. The minimum atomic E-state index is -0.480. The Morgan fingerprint density at radius 3 is 2.31 bits per heavy atom. The van der Waals surface area contributed by atoms with Crippen LogP contribution in [0, 0.1) is 6.92 Å². The highest BCUT2D eigenvalue weighted by atomic mass is 16.5. The minimum Gasteiger partial charge on any atom is -0.484 e. The molecule has 0 saturated carbocycles. The van der Waals surface area contributed by atoms with Gasteiger partial charge in [-0.2, -0.15) is 0 Å². The van der Waals surface area contributed by atoms with E-state index in [1.54, 1.807) is 0 Å². The Morgan fingerprint density at radius 2 is 1.66 bits per heavy atom. The van der Waals surface area contributed by atoms with Crippen LogP contribution in [0.4, 0.5) is 0 Å². The van der Waals surface area contributed by atoms with Crippen molar-refractivity contribution < 1.29 is 9.53 Å². The van der Waals surface area contributed by atoms with Crippen LogP contribution in [-0.4, -0.2) is 31.6 Å².